The summed E-state index contributed by atoms with van der Waals surface area (Å²) in [5.41, 5.74) is 0.908. The molecule has 20 heavy (non-hydrogen) atoms. The number of ether oxygens (including phenoxy) is 1. The number of pyridine rings is 1. The molecule has 0 saturated carbocycles. The quantitative estimate of drug-likeness (QED) is 0.818. The fourth-order valence-corrected chi connectivity index (χ4v) is 3.90. The number of nitrogens with one attached hydrogen (secondary N) is 1. The molecule has 1 fully saturated rings. The molecule has 0 spiro atoms. The minimum atomic E-state index is 0.257. The van der Waals surface area contributed by atoms with Crippen LogP contribution < -0.4 is 10.1 Å². The largest absolute Gasteiger partial charge is 0.487 e. The molecule has 1 aromatic carbocycles. The van der Waals surface area contributed by atoms with E-state index < -0.39 is 0 Å². The molecule has 3 nitrogen and oxygen atoms in total. The molecule has 0 bridgehead atoms. The highest BCUT2D eigenvalue weighted by Gasteiger charge is 2.18. The summed E-state index contributed by atoms with van der Waals surface area (Å²) < 4.78 is 8.25. The first-order valence-corrected chi connectivity index (χ1v) is 8.44. The lowest BCUT2D eigenvalue weighted by atomic mass is 10.1. The summed E-state index contributed by atoms with van der Waals surface area (Å²) in [7, 11) is 0. The Kier molecular flexibility index (Phi) is 4.58. The highest BCUT2D eigenvalue weighted by molar-refractivity contribution is 9.11. The van der Waals surface area contributed by atoms with Crippen LogP contribution in [0.2, 0.25) is 0 Å². The lowest BCUT2D eigenvalue weighted by Gasteiger charge is -2.19. The second-order valence-corrected chi connectivity index (χ2v) is 6.70. The van der Waals surface area contributed by atoms with Gasteiger partial charge in [-0.15, -0.1) is 0 Å². The normalized spacial score (nSPS) is 19.8. The van der Waals surface area contributed by atoms with Gasteiger partial charge in [-0.2, -0.15) is 0 Å². The molecule has 0 radical (unpaired) electrons. The molecule has 5 heteroatoms. The molecule has 1 unspecified atom stereocenters. The molecule has 1 saturated heterocycles. The number of hydrogen-bond donors (Lipinski definition) is 1. The van der Waals surface area contributed by atoms with E-state index in [1.807, 2.05) is 18.3 Å². The highest BCUT2D eigenvalue weighted by atomic mass is 79.9. The predicted octanol–water partition coefficient (Wildman–Crippen LogP) is 4.28. The lowest BCUT2D eigenvalue weighted by Crippen LogP contribution is -2.19. The molecule has 1 aliphatic rings. The van der Waals surface area contributed by atoms with Crippen molar-refractivity contribution < 1.29 is 4.74 Å². The molecule has 1 aromatic heterocycles. The summed E-state index contributed by atoms with van der Waals surface area (Å²) >= 11 is 7.19. The topological polar surface area (TPSA) is 34.1 Å². The summed E-state index contributed by atoms with van der Waals surface area (Å²) in [5, 5.41) is 4.49. The number of halogens is 2. The molecule has 3 rings (SSSR count). The van der Waals surface area contributed by atoms with Crippen LogP contribution in [0.3, 0.4) is 0 Å². The van der Waals surface area contributed by atoms with Crippen molar-refractivity contribution in [3.05, 3.63) is 33.3 Å². The van der Waals surface area contributed by atoms with Crippen molar-refractivity contribution in [3.8, 4) is 5.75 Å². The second-order valence-electron chi connectivity index (χ2n) is 4.99. The Labute approximate surface area is 135 Å². The summed E-state index contributed by atoms with van der Waals surface area (Å²) in [5.74, 6) is 0.857. The Bertz CT molecular complexity index is 610. The van der Waals surface area contributed by atoms with Crippen molar-refractivity contribution in [1.29, 1.82) is 0 Å². The van der Waals surface area contributed by atoms with E-state index in [0.717, 1.165) is 57.9 Å². The molecule has 2 heterocycles. The summed E-state index contributed by atoms with van der Waals surface area (Å²) in [4.78, 5) is 4.49. The zero-order chi connectivity index (χ0) is 13.9. The lowest BCUT2D eigenvalue weighted by molar-refractivity contribution is 0.188. The number of nitrogens with zero attached hydrogens (tertiary/aromatic N) is 1. The number of aromatic nitrogens is 1. The van der Waals surface area contributed by atoms with Crippen LogP contribution >= 0.6 is 31.9 Å². The summed E-state index contributed by atoms with van der Waals surface area (Å²) in [6.45, 7) is 2.10. The van der Waals surface area contributed by atoms with Gasteiger partial charge in [0.25, 0.3) is 0 Å². The standard InChI is InChI=1S/C15H16Br2N2O/c16-12-9-13(17)15(14-11(12)4-2-7-19-14)20-10-3-1-6-18-8-5-10/h2,4,7,9-10,18H,1,3,5-6,8H2. The fraction of sp³-hybridized carbons (Fsp3) is 0.400. The van der Waals surface area contributed by atoms with Crippen LogP contribution in [-0.2, 0) is 0 Å². The van der Waals surface area contributed by atoms with Gasteiger partial charge in [-0.3, -0.25) is 4.98 Å². The van der Waals surface area contributed by atoms with Gasteiger partial charge in [-0.05, 0) is 60.4 Å². The Hall–Kier alpha value is -0.650. The monoisotopic (exact) mass is 398 g/mol. The van der Waals surface area contributed by atoms with Crippen LogP contribution in [0.15, 0.2) is 33.3 Å². The van der Waals surface area contributed by atoms with E-state index in [1.165, 1.54) is 0 Å². The molecular formula is C15H16Br2N2O. The first-order chi connectivity index (χ1) is 9.75. The first kappa shape index (κ1) is 14.3. The maximum Gasteiger partial charge on any atom is 0.160 e. The van der Waals surface area contributed by atoms with Crippen molar-refractivity contribution >= 4 is 42.8 Å². The van der Waals surface area contributed by atoms with Crippen LogP contribution in [0.1, 0.15) is 19.3 Å². The van der Waals surface area contributed by atoms with Gasteiger partial charge in [-0.1, -0.05) is 22.0 Å². The van der Waals surface area contributed by atoms with Crippen LogP contribution in [0.5, 0.6) is 5.75 Å². The van der Waals surface area contributed by atoms with Crippen molar-refractivity contribution in [2.45, 2.75) is 25.4 Å². The highest BCUT2D eigenvalue weighted by Crippen LogP contribution is 2.38. The Morgan fingerprint density at radius 1 is 1.20 bits per heavy atom. The first-order valence-electron chi connectivity index (χ1n) is 6.86. The molecular weight excluding hydrogens is 384 g/mol. The van der Waals surface area contributed by atoms with Gasteiger partial charge in [0.2, 0.25) is 0 Å². The van der Waals surface area contributed by atoms with Crippen LogP contribution in [-0.4, -0.2) is 24.2 Å². The minimum Gasteiger partial charge on any atom is -0.487 e. The van der Waals surface area contributed by atoms with E-state index in [1.54, 1.807) is 0 Å². The second kappa shape index (κ2) is 6.41. The smallest absolute Gasteiger partial charge is 0.160 e. The van der Waals surface area contributed by atoms with Gasteiger partial charge in [0.05, 0.1) is 4.47 Å². The molecule has 1 N–H and O–H groups in total. The summed E-state index contributed by atoms with van der Waals surface area (Å²) in [6, 6.07) is 6.04. The molecule has 1 aliphatic heterocycles. The maximum atomic E-state index is 6.26. The van der Waals surface area contributed by atoms with Gasteiger partial charge < -0.3 is 10.1 Å². The van der Waals surface area contributed by atoms with E-state index in [4.69, 9.17) is 4.74 Å². The van der Waals surface area contributed by atoms with Gasteiger partial charge in [0, 0.05) is 16.1 Å². The zero-order valence-corrected chi connectivity index (χ0v) is 14.2. The van der Waals surface area contributed by atoms with E-state index in [2.05, 4.69) is 48.2 Å². The van der Waals surface area contributed by atoms with E-state index in [9.17, 15) is 0 Å². The molecule has 0 aliphatic carbocycles. The average Bonchev–Trinajstić information content (AvgIpc) is 2.72. The third-order valence-corrected chi connectivity index (χ3v) is 4.80. The van der Waals surface area contributed by atoms with Crippen LogP contribution in [0.4, 0.5) is 0 Å². The zero-order valence-electron chi connectivity index (χ0n) is 11.0. The summed E-state index contributed by atoms with van der Waals surface area (Å²) in [6.07, 6.45) is 5.35. The van der Waals surface area contributed by atoms with Crippen molar-refractivity contribution in [3.63, 3.8) is 0 Å². The Morgan fingerprint density at radius 3 is 3.00 bits per heavy atom. The number of hydrogen-bond acceptors (Lipinski definition) is 3. The van der Waals surface area contributed by atoms with Gasteiger partial charge in [0.1, 0.15) is 11.6 Å². The van der Waals surface area contributed by atoms with Crippen molar-refractivity contribution in [1.82, 2.24) is 10.3 Å². The third-order valence-electron chi connectivity index (χ3n) is 3.56. The van der Waals surface area contributed by atoms with Crippen LogP contribution in [0, 0.1) is 0 Å². The average molecular weight is 400 g/mol. The number of benzene rings is 1. The Morgan fingerprint density at radius 2 is 2.10 bits per heavy atom. The molecule has 106 valence electrons. The SMILES string of the molecule is Brc1cc(Br)c2cccnc2c1OC1CCCNCC1. The molecule has 0 amide bonds. The number of fused-ring (bicyclic) bond motifs is 1. The van der Waals surface area contributed by atoms with Gasteiger partial charge in [-0.25, -0.2) is 0 Å². The van der Waals surface area contributed by atoms with E-state index >= 15 is 0 Å². The predicted molar refractivity (Wildman–Crippen MR) is 88.3 cm³/mol. The van der Waals surface area contributed by atoms with E-state index in [0.29, 0.717) is 0 Å². The fourth-order valence-electron chi connectivity index (χ4n) is 2.53. The minimum absolute atomic E-state index is 0.257. The third kappa shape index (κ3) is 3.00. The van der Waals surface area contributed by atoms with Crippen LogP contribution in [0.25, 0.3) is 10.9 Å². The number of rotatable bonds is 2. The van der Waals surface area contributed by atoms with Gasteiger partial charge >= 0.3 is 0 Å². The van der Waals surface area contributed by atoms with Gasteiger partial charge in [0.15, 0.2) is 5.75 Å². The maximum absolute atomic E-state index is 6.26. The van der Waals surface area contributed by atoms with Crippen molar-refractivity contribution in [2.24, 2.45) is 0 Å². The van der Waals surface area contributed by atoms with Crippen molar-refractivity contribution in [2.75, 3.05) is 13.1 Å². The molecule has 2 aromatic rings. The van der Waals surface area contributed by atoms with E-state index in [-0.39, 0.29) is 6.10 Å². The Balaban J connectivity index is 1.97. The molecule has 1 atom stereocenters.